The molecule has 0 N–H and O–H groups in total. The van der Waals surface area contributed by atoms with Crippen LogP contribution in [0.25, 0.3) is 11.1 Å². The third-order valence-corrected chi connectivity index (χ3v) is 23.3. The Morgan fingerprint density at radius 1 is 0.405 bits per heavy atom. The summed E-state index contributed by atoms with van der Waals surface area (Å²) in [5.74, 6) is 2.92. The van der Waals surface area contributed by atoms with Gasteiger partial charge in [0.1, 0.15) is 69.4 Å². The number of hydrogen-bond acceptors (Lipinski definition) is 14. The van der Waals surface area contributed by atoms with E-state index >= 15 is 0 Å². The molecule has 0 saturated carbocycles. The van der Waals surface area contributed by atoms with Crippen molar-refractivity contribution in [3.63, 3.8) is 0 Å². The van der Waals surface area contributed by atoms with Crippen LogP contribution in [0.15, 0.2) is 80.2 Å². The molecule has 16 nitrogen and oxygen atoms in total. The van der Waals surface area contributed by atoms with E-state index in [1.54, 1.807) is 0 Å². The predicted octanol–water partition coefficient (Wildman–Crippen LogP) is 5.91. The van der Waals surface area contributed by atoms with Crippen molar-refractivity contribution in [1.29, 1.82) is 0 Å². The second-order valence-corrected chi connectivity index (χ2v) is 31.6. The van der Waals surface area contributed by atoms with Gasteiger partial charge in [-0.3, -0.25) is 0 Å². The summed E-state index contributed by atoms with van der Waals surface area (Å²) in [4.78, 5) is 2.82. The third-order valence-electron chi connectivity index (χ3n) is 18.9. The molecule has 0 radical (unpaired) electrons. The fourth-order valence-corrected chi connectivity index (χ4v) is 19.0. The summed E-state index contributed by atoms with van der Waals surface area (Å²) in [6.45, 7) is 7.97. The first kappa shape index (κ1) is 54.8. The van der Waals surface area contributed by atoms with Gasteiger partial charge in [0.2, 0.25) is 10.7 Å². The number of anilines is 2. The Morgan fingerprint density at radius 2 is 0.810 bits per heavy atom. The average Bonchev–Trinajstić information content (AvgIpc) is 0.777. The summed E-state index contributed by atoms with van der Waals surface area (Å²) in [5.41, 5.74) is 15.0. The minimum atomic E-state index is -5.08. The highest BCUT2D eigenvalue weighted by Gasteiger charge is 2.40. The summed E-state index contributed by atoms with van der Waals surface area (Å²) in [6.07, 6.45) is 15.1. The van der Waals surface area contributed by atoms with Crippen LogP contribution in [0.3, 0.4) is 0 Å². The van der Waals surface area contributed by atoms with Crippen LogP contribution in [-0.4, -0.2) is 95.1 Å². The van der Waals surface area contributed by atoms with Crippen molar-refractivity contribution < 1.29 is 52.3 Å². The van der Waals surface area contributed by atoms with Crippen molar-refractivity contribution in [1.82, 2.24) is 9.15 Å². The number of aryl methyl sites for hydroxylation is 4. The molecule has 10 aliphatic rings. The van der Waals surface area contributed by atoms with Gasteiger partial charge in [0.15, 0.2) is 0 Å². The van der Waals surface area contributed by atoms with E-state index in [4.69, 9.17) is 30.8 Å². The summed E-state index contributed by atoms with van der Waals surface area (Å²) >= 11 is 0. The number of fused-ring (bicyclic) bond motifs is 8. The van der Waals surface area contributed by atoms with Gasteiger partial charge < -0.3 is 28.4 Å². The zero-order valence-electron chi connectivity index (χ0n) is 45.8. The average molecular weight is 1250 g/mol. The zero-order valence-corrected chi connectivity index (χ0v) is 50.6. The van der Waals surface area contributed by atoms with Crippen molar-refractivity contribution in [2.45, 2.75) is 122 Å². The quantitative estimate of drug-likeness (QED) is 0.108. The van der Waals surface area contributed by atoms with Gasteiger partial charge in [-0.1, -0.05) is 12.1 Å². The van der Waals surface area contributed by atoms with Gasteiger partial charge in [-0.05, 0) is 137 Å². The van der Waals surface area contributed by atoms with Crippen molar-refractivity contribution in [3.8, 4) is 23.0 Å². The molecule has 0 fully saturated rings. The van der Waals surface area contributed by atoms with Crippen LogP contribution in [0.5, 0.6) is 23.0 Å². The summed E-state index contributed by atoms with van der Waals surface area (Å²) in [6, 6.07) is 15.6. The molecule has 0 bridgehead atoms. The number of rotatable bonds is 6. The molecule has 0 amide bonds. The topological polar surface area (TPSA) is 214 Å². The molecule has 0 saturated heterocycles. The van der Waals surface area contributed by atoms with E-state index in [9.17, 15) is 42.8 Å². The third kappa shape index (κ3) is 8.88. The molecule has 0 aromatic heterocycles. The molecule has 6 aromatic rings. The largest absolute Gasteiger partial charge is 0.744 e. The Kier molecular flexibility index (Phi) is 12.9. The summed E-state index contributed by atoms with van der Waals surface area (Å²) < 4.78 is 143. The second-order valence-electron chi connectivity index (χ2n) is 23.8. The monoisotopic (exact) mass is 1250 g/mol. The van der Waals surface area contributed by atoms with Gasteiger partial charge in [-0.2, -0.15) is 0 Å². The molecule has 0 unspecified atom stereocenters. The Hall–Kier alpha value is -5.84. The SMILES string of the molecule is O=S(=O)([O-])c1cc(S(=O)(=O)Cl)ccc1C1=c2cc3c4c(c2Oc2c1cc1c5c2CCCN5CCC1)CCC[N+]=4CCC3.O=S(=O)([O-])c1ccc(C2=c3cc4c5c(c3Oc3c2cc2c6c3CCCN6CCC2)CCC[N+]=5CCC4)c(S(=O)(=O)Cl)c1. The zero-order chi connectivity index (χ0) is 57.9. The lowest BCUT2D eigenvalue weighted by molar-refractivity contribution is 0.431. The van der Waals surface area contributed by atoms with E-state index in [-0.39, 0.29) is 11.1 Å². The Labute approximate surface area is 496 Å². The normalized spacial score (nSPS) is 19.0. The Balaban J connectivity index is 0.000000143. The van der Waals surface area contributed by atoms with Crippen molar-refractivity contribution in [2.75, 3.05) is 62.2 Å². The molecule has 22 heteroatoms. The van der Waals surface area contributed by atoms with E-state index in [0.717, 1.165) is 234 Å². The highest BCUT2D eigenvalue weighted by atomic mass is 35.7. The molecule has 84 heavy (non-hydrogen) atoms. The number of nitrogens with zero attached hydrogens (tertiary/aromatic N) is 4. The lowest BCUT2D eigenvalue weighted by Crippen LogP contribution is -2.45. The van der Waals surface area contributed by atoms with Crippen molar-refractivity contribution in [2.24, 2.45) is 0 Å². The van der Waals surface area contributed by atoms with Crippen molar-refractivity contribution in [3.05, 3.63) is 149 Å². The summed E-state index contributed by atoms with van der Waals surface area (Å²) in [5, 5.41) is 4.00. The van der Waals surface area contributed by atoms with Gasteiger partial charge in [0, 0.05) is 151 Å². The van der Waals surface area contributed by atoms with Gasteiger partial charge >= 0.3 is 0 Å². The molecular formula is C62H58Cl2N4O12S4. The number of ether oxygens (including phenoxy) is 2. The Morgan fingerprint density at radius 3 is 1.25 bits per heavy atom. The first-order chi connectivity index (χ1) is 40.2. The Bertz CT molecular complexity index is 4470. The first-order valence-corrected chi connectivity index (χ1v) is 36.6. The van der Waals surface area contributed by atoms with Crippen LogP contribution < -0.4 is 49.6 Å². The fourth-order valence-electron chi connectivity index (χ4n) is 15.7. The van der Waals surface area contributed by atoms with E-state index < -0.39 is 57.9 Å². The minimum Gasteiger partial charge on any atom is -0.744 e. The molecule has 436 valence electrons. The van der Waals surface area contributed by atoms with Crippen LogP contribution in [0.4, 0.5) is 11.4 Å². The van der Waals surface area contributed by atoms with Gasteiger partial charge in [0.25, 0.3) is 18.1 Å². The van der Waals surface area contributed by atoms with E-state index in [1.165, 1.54) is 68.6 Å². The predicted molar refractivity (Wildman–Crippen MR) is 315 cm³/mol. The minimum absolute atomic E-state index is 0.172. The van der Waals surface area contributed by atoms with Gasteiger partial charge in [0.05, 0.1) is 30.7 Å². The molecule has 10 heterocycles. The van der Waals surface area contributed by atoms with E-state index in [0.29, 0.717) is 11.1 Å². The van der Waals surface area contributed by atoms with Crippen LogP contribution in [0, 0.1) is 0 Å². The number of hydrogen-bond donors (Lipinski definition) is 0. The van der Waals surface area contributed by atoms with Crippen LogP contribution in [-0.2, 0) is 89.7 Å². The fraction of sp³-hybridized carbons (Fsp3) is 0.387. The molecule has 0 atom stereocenters. The molecule has 0 spiro atoms. The smallest absolute Gasteiger partial charge is 0.261 e. The summed E-state index contributed by atoms with van der Waals surface area (Å²) in [7, 11) is -7.13. The second kappa shape index (κ2) is 19.8. The lowest BCUT2D eigenvalue weighted by Gasteiger charge is -2.39. The van der Waals surface area contributed by atoms with Crippen LogP contribution in [0.1, 0.15) is 118 Å². The van der Waals surface area contributed by atoms with Crippen LogP contribution >= 0.6 is 21.4 Å². The molecule has 16 rings (SSSR count). The molecule has 6 aromatic carbocycles. The number of benzene rings is 6. The maximum absolute atomic E-state index is 13.0. The standard InChI is InChI=1S/2C31H29ClN2O6S2/c32-41(35,36)26-17-20(42(37,38)39)9-10-21(26)27-24-15-18-5-1-11-33-13-3-7-22(28(18)33)30(24)40-31-23-8-4-14-34-12-2-6-19(29(23)34)16-25(27)31;32-41(35,36)20-9-10-21(26(17-20)42(37,38)39)27-24-15-18-5-1-11-33-13-3-7-22(28(18)33)30(24)40-31-23-8-4-14-34-12-2-6-19(29(23)34)16-25(27)31/h2*9-10,15-17H,1-8,11-14H2. The highest BCUT2D eigenvalue weighted by Crippen LogP contribution is 2.51. The maximum atomic E-state index is 13.0. The highest BCUT2D eigenvalue weighted by molar-refractivity contribution is 8.14. The van der Waals surface area contributed by atoms with Crippen molar-refractivity contribution >= 4 is 82.2 Å². The molecule has 10 aliphatic heterocycles. The van der Waals surface area contributed by atoms with E-state index in [2.05, 4.69) is 43.2 Å². The first-order valence-electron chi connectivity index (χ1n) is 29.1. The van der Waals surface area contributed by atoms with E-state index in [1.807, 2.05) is 0 Å². The number of halogens is 2. The maximum Gasteiger partial charge on any atom is 0.261 e. The molecule has 0 aliphatic carbocycles. The van der Waals surface area contributed by atoms with Crippen LogP contribution in [0.2, 0.25) is 0 Å². The van der Waals surface area contributed by atoms with Gasteiger partial charge in [-0.25, -0.2) is 42.8 Å². The lowest BCUT2D eigenvalue weighted by atomic mass is 9.82. The van der Waals surface area contributed by atoms with Gasteiger partial charge in [-0.15, -0.1) is 0 Å². The molecular weight excluding hydrogens is 1190 g/mol.